The number of non-ortho nitro benzene ring substituents is 1. The summed E-state index contributed by atoms with van der Waals surface area (Å²) in [5.74, 6) is -3.18. The number of nitro benzene ring substituents is 1. The highest BCUT2D eigenvalue weighted by Crippen LogP contribution is 2.30. The molecule has 0 N–H and O–H groups in total. The number of nitro groups is 1. The minimum atomic E-state index is -1.10. The Balaban J connectivity index is 3.41. The van der Waals surface area contributed by atoms with Gasteiger partial charge in [0.2, 0.25) is 0 Å². The van der Waals surface area contributed by atoms with E-state index in [0.29, 0.717) is 5.56 Å². The molecule has 6 heteroatoms. The number of rotatable bonds is 7. The molecule has 1 aromatic rings. The second-order valence-corrected chi connectivity index (χ2v) is 4.85. The SMILES string of the molecule is CCC(=O)C(c1cccc([N+](=O)[O-])c1)C(C(C)=O)C(C)=O. The summed E-state index contributed by atoms with van der Waals surface area (Å²) in [4.78, 5) is 45.9. The van der Waals surface area contributed by atoms with Crippen molar-refractivity contribution in [3.63, 3.8) is 0 Å². The van der Waals surface area contributed by atoms with Gasteiger partial charge in [0.15, 0.2) is 0 Å². The lowest BCUT2D eigenvalue weighted by Gasteiger charge is -2.22. The van der Waals surface area contributed by atoms with Crippen molar-refractivity contribution < 1.29 is 19.3 Å². The molecule has 0 aliphatic carbocycles. The van der Waals surface area contributed by atoms with Gasteiger partial charge in [-0.2, -0.15) is 0 Å². The third kappa shape index (κ3) is 3.81. The van der Waals surface area contributed by atoms with Gasteiger partial charge in [0.05, 0.1) is 16.8 Å². The molecule has 0 radical (unpaired) electrons. The number of carbonyl (C=O) groups excluding carboxylic acids is 3. The molecule has 0 fully saturated rings. The minimum absolute atomic E-state index is 0.143. The molecule has 0 bridgehead atoms. The van der Waals surface area contributed by atoms with E-state index in [9.17, 15) is 24.5 Å². The molecule has 0 spiro atoms. The summed E-state index contributed by atoms with van der Waals surface area (Å²) < 4.78 is 0. The first-order valence-corrected chi connectivity index (χ1v) is 6.57. The summed E-state index contributed by atoms with van der Waals surface area (Å²) in [6.45, 7) is 4.13. The van der Waals surface area contributed by atoms with Crippen molar-refractivity contribution >= 4 is 23.0 Å². The predicted octanol–water partition coefficient (Wildman–Crippen LogP) is 2.45. The average Bonchev–Trinajstić information content (AvgIpc) is 2.42. The Kier molecular flexibility index (Phi) is 5.46. The van der Waals surface area contributed by atoms with E-state index in [0.717, 1.165) is 0 Å². The lowest BCUT2D eigenvalue weighted by atomic mass is 9.78. The standard InChI is InChI=1S/C15H17NO5/c1-4-13(19)15(14(9(2)17)10(3)18)11-6-5-7-12(8-11)16(20)21/h5-8,14-15H,4H2,1-3H3. The molecule has 0 saturated heterocycles. The largest absolute Gasteiger partial charge is 0.299 e. The number of hydrogen-bond donors (Lipinski definition) is 0. The Bertz CT molecular complexity index is 579. The fraction of sp³-hybridized carbons (Fsp3) is 0.400. The maximum absolute atomic E-state index is 12.2. The van der Waals surface area contributed by atoms with Gasteiger partial charge in [-0.1, -0.05) is 19.1 Å². The summed E-state index contributed by atoms with van der Waals surface area (Å²) >= 11 is 0. The zero-order chi connectivity index (χ0) is 16.2. The number of Topliss-reactive ketones (excluding diaryl/α,β-unsaturated/α-hetero) is 3. The zero-order valence-electron chi connectivity index (χ0n) is 12.2. The molecular formula is C15H17NO5. The van der Waals surface area contributed by atoms with E-state index in [4.69, 9.17) is 0 Å². The molecule has 0 aromatic heterocycles. The van der Waals surface area contributed by atoms with E-state index >= 15 is 0 Å². The third-order valence-electron chi connectivity index (χ3n) is 3.34. The first-order valence-electron chi connectivity index (χ1n) is 6.57. The van der Waals surface area contributed by atoms with E-state index < -0.39 is 28.3 Å². The van der Waals surface area contributed by atoms with Crippen molar-refractivity contribution in [3.8, 4) is 0 Å². The second kappa shape index (κ2) is 6.88. The summed E-state index contributed by atoms with van der Waals surface area (Å²) in [5, 5.41) is 10.8. The van der Waals surface area contributed by atoms with Crippen LogP contribution < -0.4 is 0 Å². The number of benzene rings is 1. The van der Waals surface area contributed by atoms with Gasteiger partial charge in [0, 0.05) is 18.6 Å². The lowest BCUT2D eigenvalue weighted by molar-refractivity contribution is -0.384. The van der Waals surface area contributed by atoms with Crippen molar-refractivity contribution in [1.29, 1.82) is 0 Å². The van der Waals surface area contributed by atoms with Crippen LogP contribution in [0.15, 0.2) is 24.3 Å². The first kappa shape index (κ1) is 16.7. The topological polar surface area (TPSA) is 94.3 Å². The van der Waals surface area contributed by atoms with Gasteiger partial charge in [-0.3, -0.25) is 24.5 Å². The van der Waals surface area contributed by atoms with Crippen molar-refractivity contribution in [1.82, 2.24) is 0 Å². The van der Waals surface area contributed by atoms with Crippen LogP contribution >= 0.6 is 0 Å². The summed E-state index contributed by atoms with van der Waals surface area (Å²) in [6.07, 6.45) is 0.143. The molecule has 0 amide bonds. The van der Waals surface area contributed by atoms with Crippen LogP contribution in [0.2, 0.25) is 0 Å². The fourth-order valence-corrected chi connectivity index (χ4v) is 2.37. The molecule has 0 saturated carbocycles. The van der Waals surface area contributed by atoms with E-state index in [1.165, 1.54) is 38.1 Å². The molecule has 0 heterocycles. The van der Waals surface area contributed by atoms with Crippen LogP contribution in [0.1, 0.15) is 38.7 Å². The second-order valence-electron chi connectivity index (χ2n) is 4.85. The van der Waals surface area contributed by atoms with E-state index in [2.05, 4.69) is 0 Å². The molecule has 1 rings (SSSR count). The Morgan fingerprint density at radius 2 is 1.76 bits per heavy atom. The Morgan fingerprint density at radius 3 is 2.19 bits per heavy atom. The van der Waals surface area contributed by atoms with Crippen molar-refractivity contribution in [2.45, 2.75) is 33.1 Å². The molecule has 0 aliphatic rings. The highest BCUT2D eigenvalue weighted by Gasteiger charge is 2.35. The van der Waals surface area contributed by atoms with E-state index in [-0.39, 0.29) is 17.9 Å². The van der Waals surface area contributed by atoms with Gasteiger partial charge in [-0.25, -0.2) is 0 Å². The van der Waals surface area contributed by atoms with Gasteiger partial charge < -0.3 is 0 Å². The smallest absolute Gasteiger partial charge is 0.269 e. The maximum atomic E-state index is 12.2. The van der Waals surface area contributed by atoms with E-state index in [1.54, 1.807) is 6.92 Å². The van der Waals surface area contributed by atoms with Crippen LogP contribution in [0.4, 0.5) is 5.69 Å². The average molecular weight is 291 g/mol. The van der Waals surface area contributed by atoms with Crippen LogP contribution in [0.25, 0.3) is 0 Å². The van der Waals surface area contributed by atoms with Crippen molar-refractivity contribution in [2.75, 3.05) is 0 Å². The van der Waals surface area contributed by atoms with Gasteiger partial charge in [-0.05, 0) is 19.4 Å². The summed E-state index contributed by atoms with van der Waals surface area (Å²) in [6, 6.07) is 5.52. The Labute approximate surface area is 122 Å². The fourth-order valence-electron chi connectivity index (χ4n) is 2.37. The van der Waals surface area contributed by atoms with E-state index in [1.807, 2.05) is 0 Å². The molecule has 0 aliphatic heterocycles. The van der Waals surface area contributed by atoms with Crippen LogP contribution in [0, 0.1) is 16.0 Å². The number of ketones is 3. The minimum Gasteiger partial charge on any atom is -0.299 e. The van der Waals surface area contributed by atoms with Gasteiger partial charge in [0.25, 0.3) is 5.69 Å². The highest BCUT2D eigenvalue weighted by atomic mass is 16.6. The Morgan fingerprint density at radius 1 is 1.19 bits per heavy atom. The van der Waals surface area contributed by atoms with Crippen LogP contribution in [0.3, 0.4) is 0 Å². The quantitative estimate of drug-likeness (QED) is 0.437. The molecule has 112 valence electrons. The predicted molar refractivity (Wildman–Crippen MR) is 76.0 cm³/mol. The lowest BCUT2D eigenvalue weighted by Crippen LogP contribution is -2.31. The molecule has 21 heavy (non-hydrogen) atoms. The van der Waals surface area contributed by atoms with Crippen LogP contribution in [0.5, 0.6) is 0 Å². The van der Waals surface area contributed by atoms with Gasteiger partial charge in [-0.15, -0.1) is 0 Å². The summed E-state index contributed by atoms with van der Waals surface area (Å²) in [5.41, 5.74) is 0.152. The normalized spacial score (nSPS) is 12.0. The number of nitrogens with zero attached hydrogens (tertiary/aromatic N) is 1. The van der Waals surface area contributed by atoms with Crippen molar-refractivity contribution in [3.05, 3.63) is 39.9 Å². The molecule has 1 unspecified atom stereocenters. The molecule has 6 nitrogen and oxygen atoms in total. The van der Waals surface area contributed by atoms with Crippen LogP contribution in [-0.4, -0.2) is 22.3 Å². The van der Waals surface area contributed by atoms with Crippen molar-refractivity contribution in [2.24, 2.45) is 5.92 Å². The first-order chi connectivity index (χ1) is 9.79. The zero-order valence-corrected chi connectivity index (χ0v) is 12.2. The summed E-state index contributed by atoms with van der Waals surface area (Å²) in [7, 11) is 0. The maximum Gasteiger partial charge on any atom is 0.269 e. The van der Waals surface area contributed by atoms with Crippen LogP contribution in [-0.2, 0) is 14.4 Å². The molecular weight excluding hydrogens is 274 g/mol. The molecule has 1 atom stereocenters. The number of carbonyl (C=O) groups is 3. The van der Waals surface area contributed by atoms with Gasteiger partial charge in [0.1, 0.15) is 17.3 Å². The van der Waals surface area contributed by atoms with Gasteiger partial charge >= 0.3 is 0 Å². The number of hydrogen-bond acceptors (Lipinski definition) is 5. The Hall–Kier alpha value is -2.37. The monoisotopic (exact) mass is 291 g/mol. The molecule has 1 aromatic carbocycles. The third-order valence-corrected chi connectivity index (χ3v) is 3.34. The highest BCUT2D eigenvalue weighted by molar-refractivity contribution is 6.06.